The summed E-state index contributed by atoms with van der Waals surface area (Å²) in [6, 6.07) is 7.82. The first kappa shape index (κ1) is 21.2. The van der Waals surface area contributed by atoms with E-state index in [1.165, 1.54) is 23.0 Å². The number of benzene rings is 1. The number of anilines is 2. The van der Waals surface area contributed by atoms with Gasteiger partial charge in [-0.05, 0) is 31.1 Å². The summed E-state index contributed by atoms with van der Waals surface area (Å²) >= 11 is 0. The van der Waals surface area contributed by atoms with Crippen molar-refractivity contribution in [3.05, 3.63) is 65.9 Å². The average molecular weight is 435 g/mol. The average Bonchev–Trinajstić information content (AvgIpc) is 3.38. The number of nitrogen functional groups attached to an aromatic ring is 1. The van der Waals surface area contributed by atoms with Gasteiger partial charge in [0.2, 0.25) is 5.91 Å². The molecule has 4 rings (SSSR count). The molecule has 0 atom stereocenters. The summed E-state index contributed by atoms with van der Waals surface area (Å²) in [5.41, 5.74) is 6.97. The monoisotopic (exact) mass is 435 g/mol. The number of nitrogens with one attached hydrogen (secondary N) is 2. The number of carbonyl (C=O) groups is 1. The summed E-state index contributed by atoms with van der Waals surface area (Å²) in [7, 11) is 0. The number of nitrogens with zero attached hydrogens (tertiary/aromatic N) is 4. The third-order valence-corrected chi connectivity index (χ3v) is 5.42. The molecular formula is C22H22FN7O2. The van der Waals surface area contributed by atoms with Crippen LogP contribution in [-0.4, -0.2) is 36.5 Å². The number of nitrogens with two attached hydrogens (primary N) is 1. The van der Waals surface area contributed by atoms with E-state index >= 15 is 0 Å². The summed E-state index contributed by atoms with van der Waals surface area (Å²) in [5, 5.41) is 24.4. The second-order valence-electron chi connectivity index (χ2n) is 7.90. The SMILES string of the molecule is CC1(C(=O)Nc2cnc(-c3cc(C(=N)/C=C\O)n(Cc4ccccc4F)n3)nc2N)CC1. The Kier molecular flexibility index (Phi) is 5.43. The fraction of sp³-hybridized carbons (Fsp3) is 0.227. The highest BCUT2D eigenvalue weighted by molar-refractivity contribution is 6.05. The number of aliphatic hydroxyl groups is 1. The van der Waals surface area contributed by atoms with Crippen molar-refractivity contribution in [2.45, 2.75) is 26.3 Å². The summed E-state index contributed by atoms with van der Waals surface area (Å²) in [6.07, 6.45) is 5.00. The van der Waals surface area contributed by atoms with Gasteiger partial charge in [-0.3, -0.25) is 14.9 Å². The molecule has 1 amide bonds. The molecule has 0 aliphatic heterocycles. The Hall–Kier alpha value is -4.08. The van der Waals surface area contributed by atoms with Crippen molar-refractivity contribution in [1.82, 2.24) is 19.7 Å². The standard InChI is InChI=1S/C22H22FN7O2/c1-22(7-8-22)21(32)27-17-11-26-20(28-19(17)25)16-10-18(15(24)6-9-31)30(29-16)12-13-4-2-3-5-14(13)23/h2-6,9-11,24,31H,7-8,12H2,1H3,(H,27,32)(H2,25,26,28)/b9-6-,24-15?. The van der Waals surface area contributed by atoms with Gasteiger partial charge in [0.1, 0.15) is 17.2 Å². The minimum absolute atomic E-state index is 0.0304. The maximum absolute atomic E-state index is 14.2. The number of rotatable bonds is 7. The molecule has 1 aromatic carbocycles. The van der Waals surface area contributed by atoms with E-state index in [2.05, 4.69) is 20.4 Å². The number of amides is 1. The largest absolute Gasteiger partial charge is 0.516 e. The van der Waals surface area contributed by atoms with E-state index in [-0.39, 0.29) is 35.2 Å². The van der Waals surface area contributed by atoms with Crippen molar-refractivity contribution in [2.75, 3.05) is 11.1 Å². The molecule has 0 radical (unpaired) electrons. The van der Waals surface area contributed by atoms with Gasteiger partial charge in [0.05, 0.1) is 30.4 Å². The fourth-order valence-electron chi connectivity index (χ4n) is 3.11. The van der Waals surface area contributed by atoms with Crippen molar-refractivity contribution in [1.29, 1.82) is 5.41 Å². The number of halogens is 1. The number of carbonyl (C=O) groups excluding carboxylic acids is 1. The summed E-state index contributed by atoms with van der Waals surface area (Å²) in [5.74, 6) is -0.249. The predicted molar refractivity (Wildman–Crippen MR) is 118 cm³/mol. The highest BCUT2D eigenvalue weighted by Crippen LogP contribution is 2.45. The normalized spacial score (nSPS) is 14.4. The Labute approximate surface area is 183 Å². The van der Waals surface area contributed by atoms with Crippen molar-refractivity contribution in [2.24, 2.45) is 5.41 Å². The zero-order valence-electron chi connectivity index (χ0n) is 17.3. The molecule has 0 saturated heterocycles. The third-order valence-electron chi connectivity index (χ3n) is 5.42. The van der Waals surface area contributed by atoms with Crippen molar-refractivity contribution < 1.29 is 14.3 Å². The fourth-order valence-corrected chi connectivity index (χ4v) is 3.11. The smallest absolute Gasteiger partial charge is 0.230 e. The number of aromatic nitrogens is 4. The molecule has 32 heavy (non-hydrogen) atoms. The molecular weight excluding hydrogens is 413 g/mol. The molecule has 10 heteroatoms. The Morgan fingerprint density at radius 1 is 1.41 bits per heavy atom. The van der Waals surface area contributed by atoms with Crippen molar-refractivity contribution in [3.63, 3.8) is 0 Å². The molecule has 1 fully saturated rings. The van der Waals surface area contributed by atoms with Crippen LogP contribution in [0.15, 0.2) is 48.9 Å². The van der Waals surface area contributed by atoms with E-state index in [0.717, 1.165) is 19.1 Å². The van der Waals surface area contributed by atoms with E-state index < -0.39 is 5.82 Å². The van der Waals surface area contributed by atoms with Crippen LogP contribution in [0.2, 0.25) is 0 Å². The number of hydrogen-bond donors (Lipinski definition) is 4. The van der Waals surface area contributed by atoms with Crippen LogP contribution < -0.4 is 11.1 Å². The van der Waals surface area contributed by atoms with Crippen LogP contribution in [-0.2, 0) is 11.3 Å². The second kappa shape index (κ2) is 8.22. The lowest BCUT2D eigenvalue weighted by Crippen LogP contribution is -2.22. The maximum Gasteiger partial charge on any atom is 0.230 e. The highest BCUT2D eigenvalue weighted by Gasteiger charge is 2.45. The topological polar surface area (TPSA) is 143 Å². The lowest BCUT2D eigenvalue weighted by atomic mass is 10.1. The molecule has 1 aliphatic rings. The first-order valence-corrected chi connectivity index (χ1v) is 9.96. The van der Waals surface area contributed by atoms with Crippen LogP contribution in [0.5, 0.6) is 0 Å². The molecule has 3 aromatic rings. The van der Waals surface area contributed by atoms with Gasteiger partial charge < -0.3 is 16.2 Å². The van der Waals surface area contributed by atoms with Crippen LogP contribution in [0.4, 0.5) is 15.9 Å². The molecule has 2 heterocycles. The first-order valence-electron chi connectivity index (χ1n) is 9.96. The third kappa shape index (κ3) is 4.20. The minimum Gasteiger partial charge on any atom is -0.516 e. The number of allylic oxidation sites excluding steroid dienone is 1. The molecule has 164 valence electrons. The quantitative estimate of drug-likeness (QED) is 0.331. The molecule has 2 aromatic heterocycles. The van der Waals surface area contributed by atoms with Gasteiger partial charge in [-0.2, -0.15) is 5.10 Å². The van der Waals surface area contributed by atoms with E-state index in [1.54, 1.807) is 24.3 Å². The van der Waals surface area contributed by atoms with Crippen molar-refractivity contribution >= 4 is 23.1 Å². The summed E-state index contributed by atoms with van der Waals surface area (Å²) in [4.78, 5) is 20.8. The lowest BCUT2D eigenvalue weighted by molar-refractivity contribution is -0.120. The molecule has 0 spiro atoms. The van der Waals surface area contributed by atoms with E-state index in [9.17, 15) is 9.18 Å². The Morgan fingerprint density at radius 2 is 2.16 bits per heavy atom. The zero-order chi connectivity index (χ0) is 22.9. The van der Waals surface area contributed by atoms with Crippen LogP contribution >= 0.6 is 0 Å². The zero-order valence-corrected chi connectivity index (χ0v) is 17.3. The van der Waals surface area contributed by atoms with E-state index in [1.807, 2.05) is 6.92 Å². The van der Waals surface area contributed by atoms with Gasteiger partial charge in [0.25, 0.3) is 0 Å². The molecule has 9 nitrogen and oxygen atoms in total. The van der Waals surface area contributed by atoms with Gasteiger partial charge >= 0.3 is 0 Å². The summed E-state index contributed by atoms with van der Waals surface area (Å²) < 4.78 is 15.6. The molecule has 1 saturated carbocycles. The number of aliphatic hydroxyl groups excluding tert-OH is 1. The highest BCUT2D eigenvalue weighted by atomic mass is 19.1. The summed E-state index contributed by atoms with van der Waals surface area (Å²) in [6.45, 7) is 1.94. The molecule has 0 bridgehead atoms. The van der Waals surface area contributed by atoms with Gasteiger partial charge in [-0.1, -0.05) is 25.1 Å². The molecule has 5 N–H and O–H groups in total. The van der Waals surface area contributed by atoms with Gasteiger partial charge in [-0.25, -0.2) is 14.4 Å². The molecule has 0 unspecified atom stereocenters. The Bertz CT molecular complexity index is 1230. The van der Waals surface area contributed by atoms with Crippen LogP contribution in [0.1, 0.15) is 31.0 Å². The predicted octanol–water partition coefficient (Wildman–Crippen LogP) is 3.29. The van der Waals surface area contributed by atoms with Crippen LogP contribution in [0.25, 0.3) is 11.5 Å². The van der Waals surface area contributed by atoms with Gasteiger partial charge in [0.15, 0.2) is 11.6 Å². The van der Waals surface area contributed by atoms with Crippen LogP contribution in [0.3, 0.4) is 0 Å². The molecule has 1 aliphatic carbocycles. The second-order valence-corrected chi connectivity index (χ2v) is 7.90. The van der Waals surface area contributed by atoms with Gasteiger partial charge in [0, 0.05) is 11.0 Å². The Morgan fingerprint density at radius 3 is 2.81 bits per heavy atom. The van der Waals surface area contributed by atoms with Crippen molar-refractivity contribution in [3.8, 4) is 11.5 Å². The van der Waals surface area contributed by atoms with E-state index in [4.69, 9.17) is 16.2 Å². The lowest BCUT2D eigenvalue weighted by Gasteiger charge is -2.11. The van der Waals surface area contributed by atoms with E-state index in [0.29, 0.717) is 22.6 Å². The minimum atomic E-state index is -0.398. The van der Waals surface area contributed by atoms with Crippen LogP contribution in [0, 0.1) is 16.6 Å². The van der Waals surface area contributed by atoms with Gasteiger partial charge in [-0.15, -0.1) is 0 Å². The maximum atomic E-state index is 14.2. The number of hydrogen-bond acceptors (Lipinski definition) is 7. The first-order chi connectivity index (χ1) is 15.3. The Balaban J connectivity index is 1.65.